The third-order valence-electron chi connectivity index (χ3n) is 6.97. The van der Waals surface area contributed by atoms with E-state index < -0.39 is 0 Å². The lowest BCUT2D eigenvalue weighted by Gasteiger charge is -2.28. The average Bonchev–Trinajstić information content (AvgIpc) is 3.36. The second-order valence-electron chi connectivity index (χ2n) is 9.13. The van der Waals surface area contributed by atoms with Crippen LogP contribution >= 0.6 is 12.2 Å². The van der Waals surface area contributed by atoms with Crippen molar-refractivity contribution in [2.45, 2.75) is 39.8 Å². The molecule has 0 unspecified atom stereocenters. The zero-order valence-corrected chi connectivity index (χ0v) is 21.6. The van der Waals surface area contributed by atoms with Gasteiger partial charge in [0.25, 0.3) is 0 Å². The molecule has 1 fully saturated rings. The maximum Gasteiger partial charge on any atom is 0.174 e. The van der Waals surface area contributed by atoms with E-state index in [-0.39, 0.29) is 12.1 Å². The van der Waals surface area contributed by atoms with Gasteiger partial charge in [-0.05, 0) is 99.1 Å². The van der Waals surface area contributed by atoms with Crippen molar-refractivity contribution in [2.75, 3.05) is 12.0 Å². The van der Waals surface area contributed by atoms with Gasteiger partial charge in [-0.3, -0.25) is 4.98 Å². The molecule has 6 heteroatoms. The van der Waals surface area contributed by atoms with E-state index in [0.717, 1.165) is 28.5 Å². The van der Waals surface area contributed by atoms with Gasteiger partial charge in [0.05, 0.1) is 24.9 Å². The molecule has 1 aliphatic heterocycles. The Morgan fingerprint density at radius 3 is 2.43 bits per heavy atom. The fraction of sp³-hybridized carbons (Fsp3) is 0.241. The number of hydrogen-bond acceptors (Lipinski definition) is 3. The smallest absolute Gasteiger partial charge is 0.174 e. The molecule has 5 nitrogen and oxygen atoms in total. The van der Waals surface area contributed by atoms with Gasteiger partial charge in [-0.25, -0.2) is 0 Å². The number of methoxy groups -OCH3 is 1. The molecule has 0 bridgehead atoms. The summed E-state index contributed by atoms with van der Waals surface area (Å²) in [4.78, 5) is 6.95. The molecule has 178 valence electrons. The predicted octanol–water partition coefficient (Wildman–Crippen LogP) is 6.29. The number of ether oxygens (including phenoxy) is 1. The number of rotatable bonds is 5. The average molecular weight is 483 g/mol. The standard InChI is InChI=1S/C29H30N4OS/c1-18-12-13-23(15-19(18)2)33-28(27(31-29(33)35)26-11-6-7-14-30-26)25-16-20(3)32(21(25)4)22-9-8-10-24(17-22)34-5/h6-17,27-28H,1-5H3,(H,31,35)/t27-,28+/m1/s1. The molecule has 1 saturated heterocycles. The summed E-state index contributed by atoms with van der Waals surface area (Å²) < 4.78 is 7.78. The van der Waals surface area contributed by atoms with Crippen LogP contribution in [-0.2, 0) is 0 Å². The molecule has 0 radical (unpaired) electrons. The normalized spacial score (nSPS) is 17.5. The highest BCUT2D eigenvalue weighted by molar-refractivity contribution is 7.80. The van der Waals surface area contributed by atoms with Gasteiger partial charge in [-0.1, -0.05) is 18.2 Å². The van der Waals surface area contributed by atoms with Gasteiger partial charge < -0.3 is 19.5 Å². The molecule has 1 aliphatic rings. The minimum atomic E-state index is -0.0791. The first-order valence-electron chi connectivity index (χ1n) is 11.8. The minimum absolute atomic E-state index is 0.0509. The van der Waals surface area contributed by atoms with Crippen molar-refractivity contribution in [2.24, 2.45) is 0 Å². The zero-order valence-electron chi connectivity index (χ0n) is 20.7. The summed E-state index contributed by atoms with van der Waals surface area (Å²) in [5, 5.41) is 4.29. The lowest BCUT2D eigenvalue weighted by molar-refractivity contribution is 0.414. The summed E-state index contributed by atoms with van der Waals surface area (Å²) in [6, 6.07) is 22.9. The molecule has 0 aliphatic carbocycles. The molecule has 4 aromatic rings. The molecule has 0 saturated carbocycles. The quantitative estimate of drug-likeness (QED) is 0.339. The van der Waals surface area contributed by atoms with Gasteiger partial charge >= 0.3 is 0 Å². The van der Waals surface area contributed by atoms with Crippen LogP contribution < -0.4 is 15.0 Å². The summed E-state index contributed by atoms with van der Waals surface area (Å²) in [7, 11) is 1.70. The van der Waals surface area contributed by atoms with Gasteiger partial charge in [0, 0.05) is 35.0 Å². The Morgan fingerprint density at radius 2 is 1.71 bits per heavy atom. The van der Waals surface area contributed by atoms with Gasteiger partial charge in [0.1, 0.15) is 5.75 Å². The fourth-order valence-electron chi connectivity index (χ4n) is 5.06. The highest BCUT2D eigenvalue weighted by Gasteiger charge is 2.42. The number of aryl methyl sites for hydroxylation is 3. The van der Waals surface area contributed by atoms with Crippen molar-refractivity contribution in [3.05, 3.63) is 107 Å². The molecule has 1 N–H and O–H groups in total. The monoisotopic (exact) mass is 482 g/mol. The van der Waals surface area contributed by atoms with E-state index in [1.165, 1.54) is 22.4 Å². The first-order valence-corrected chi connectivity index (χ1v) is 12.2. The number of nitrogens with zero attached hydrogens (tertiary/aromatic N) is 3. The highest BCUT2D eigenvalue weighted by Crippen LogP contribution is 2.44. The van der Waals surface area contributed by atoms with Crippen LogP contribution in [0.5, 0.6) is 5.75 Å². The molecular formula is C29H30N4OS. The van der Waals surface area contributed by atoms with Crippen LogP contribution in [0.15, 0.2) is 72.9 Å². The topological polar surface area (TPSA) is 42.3 Å². The number of benzene rings is 2. The van der Waals surface area contributed by atoms with Crippen LogP contribution in [0.25, 0.3) is 5.69 Å². The van der Waals surface area contributed by atoms with Gasteiger partial charge in [-0.2, -0.15) is 0 Å². The molecule has 3 heterocycles. The zero-order chi connectivity index (χ0) is 24.7. The number of aromatic nitrogens is 2. The summed E-state index contributed by atoms with van der Waals surface area (Å²) >= 11 is 5.93. The number of pyridine rings is 1. The summed E-state index contributed by atoms with van der Waals surface area (Å²) in [6.07, 6.45) is 1.84. The van der Waals surface area contributed by atoms with E-state index in [4.69, 9.17) is 21.9 Å². The van der Waals surface area contributed by atoms with Crippen LogP contribution in [0.3, 0.4) is 0 Å². The van der Waals surface area contributed by atoms with Gasteiger partial charge in [-0.15, -0.1) is 0 Å². The van der Waals surface area contributed by atoms with Crippen LogP contribution in [0.4, 0.5) is 5.69 Å². The maximum atomic E-state index is 5.93. The van der Waals surface area contributed by atoms with Crippen molar-refractivity contribution < 1.29 is 4.74 Å². The first-order chi connectivity index (χ1) is 16.9. The van der Waals surface area contributed by atoms with Crippen LogP contribution in [0, 0.1) is 27.7 Å². The predicted molar refractivity (Wildman–Crippen MR) is 146 cm³/mol. The Kier molecular flexibility index (Phi) is 6.07. The summed E-state index contributed by atoms with van der Waals surface area (Å²) in [5.74, 6) is 0.836. The van der Waals surface area contributed by atoms with Crippen molar-refractivity contribution in [3.8, 4) is 11.4 Å². The third-order valence-corrected chi connectivity index (χ3v) is 7.28. The highest BCUT2D eigenvalue weighted by atomic mass is 32.1. The van der Waals surface area contributed by atoms with E-state index in [2.05, 4.69) is 84.9 Å². The Labute approximate surface area is 212 Å². The number of anilines is 1. The summed E-state index contributed by atoms with van der Waals surface area (Å²) in [5.41, 5.74) is 9.17. The van der Waals surface area contributed by atoms with Crippen LogP contribution in [0.2, 0.25) is 0 Å². The van der Waals surface area contributed by atoms with Crippen molar-refractivity contribution in [3.63, 3.8) is 0 Å². The Hall–Kier alpha value is -3.64. The Morgan fingerprint density at radius 1 is 0.886 bits per heavy atom. The molecule has 0 amide bonds. The third kappa shape index (κ3) is 4.08. The lowest BCUT2D eigenvalue weighted by Crippen LogP contribution is -2.29. The van der Waals surface area contributed by atoms with Crippen molar-refractivity contribution >= 4 is 23.0 Å². The molecular weight excluding hydrogens is 452 g/mol. The minimum Gasteiger partial charge on any atom is -0.497 e. The van der Waals surface area contributed by atoms with E-state index in [1.807, 2.05) is 30.5 Å². The second kappa shape index (κ2) is 9.19. The van der Waals surface area contributed by atoms with E-state index in [0.29, 0.717) is 5.11 Å². The Balaban J connectivity index is 1.68. The molecule has 5 rings (SSSR count). The van der Waals surface area contributed by atoms with Crippen molar-refractivity contribution in [1.29, 1.82) is 0 Å². The largest absolute Gasteiger partial charge is 0.497 e. The molecule has 2 aromatic carbocycles. The number of thiocarbonyl (C=S) groups is 1. The summed E-state index contributed by atoms with van der Waals surface area (Å²) in [6.45, 7) is 8.60. The lowest BCUT2D eigenvalue weighted by atomic mass is 9.96. The molecule has 0 spiro atoms. The molecule has 35 heavy (non-hydrogen) atoms. The number of nitrogens with one attached hydrogen (secondary N) is 1. The SMILES string of the molecule is COc1cccc(-n2c(C)cc([C@H]3[C@@H](c4ccccn4)NC(=S)N3c3ccc(C)c(C)c3)c2C)c1. The second-order valence-corrected chi connectivity index (χ2v) is 9.52. The van der Waals surface area contributed by atoms with Crippen molar-refractivity contribution in [1.82, 2.24) is 14.9 Å². The van der Waals surface area contributed by atoms with E-state index in [9.17, 15) is 0 Å². The fourth-order valence-corrected chi connectivity index (χ4v) is 5.40. The van der Waals surface area contributed by atoms with E-state index in [1.54, 1.807) is 7.11 Å². The van der Waals surface area contributed by atoms with Crippen LogP contribution in [0.1, 0.15) is 45.9 Å². The number of hydrogen-bond donors (Lipinski definition) is 1. The van der Waals surface area contributed by atoms with Gasteiger partial charge in [0.15, 0.2) is 5.11 Å². The van der Waals surface area contributed by atoms with E-state index >= 15 is 0 Å². The molecule has 2 aromatic heterocycles. The van der Waals surface area contributed by atoms with Crippen LogP contribution in [-0.4, -0.2) is 21.8 Å². The molecule has 2 atom stereocenters. The Bertz CT molecular complexity index is 1400. The first kappa shape index (κ1) is 23.1. The maximum absolute atomic E-state index is 5.93. The van der Waals surface area contributed by atoms with Gasteiger partial charge in [0.2, 0.25) is 0 Å².